The van der Waals surface area contributed by atoms with E-state index in [0.29, 0.717) is 23.0 Å². The monoisotopic (exact) mass is 802 g/mol. The van der Waals surface area contributed by atoms with Crippen LogP contribution in [0.2, 0.25) is 0 Å². The largest absolute Gasteiger partial charge is 0.208 e. The van der Waals surface area contributed by atoms with E-state index in [0.717, 1.165) is 50.1 Å². The summed E-state index contributed by atoms with van der Waals surface area (Å²) in [6.45, 7) is 0. The van der Waals surface area contributed by atoms with Crippen LogP contribution in [0.1, 0.15) is 27.8 Å². The molecule has 11 rings (SSSR count). The minimum Gasteiger partial charge on any atom is -0.208 e. The second-order valence-electron chi connectivity index (χ2n) is 15.8. The first-order chi connectivity index (χ1) is 31.2. The molecule has 0 N–H and O–H groups in total. The molecule has 10 aromatic rings. The average Bonchev–Trinajstić information content (AvgIpc) is 3.67. The Hall–Kier alpha value is -8.52. The Balaban J connectivity index is 1.10. The molecule has 0 amide bonds. The van der Waals surface area contributed by atoms with Gasteiger partial charge in [-0.25, -0.2) is 15.0 Å². The molecule has 1 heterocycles. The van der Waals surface area contributed by atoms with E-state index in [1.807, 2.05) is 54.6 Å². The van der Waals surface area contributed by atoms with Gasteiger partial charge in [0.1, 0.15) is 0 Å². The lowest BCUT2D eigenvalue weighted by Crippen LogP contribution is -2.28. The lowest BCUT2D eigenvalue weighted by Gasteiger charge is -2.34. The van der Waals surface area contributed by atoms with Gasteiger partial charge < -0.3 is 0 Å². The summed E-state index contributed by atoms with van der Waals surface area (Å²) in [5.41, 5.74) is 16.6. The molecule has 1 aromatic heterocycles. The van der Waals surface area contributed by atoms with E-state index in [4.69, 9.17) is 15.0 Å². The summed E-state index contributed by atoms with van der Waals surface area (Å²) in [5.74, 6) is 1.82. The van der Waals surface area contributed by atoms with Gasteiger partial charge >= 0.3 is 0 Å². The number of rotatable bonds is 8. The van der Waals surface area contributed by atoms with Crippen LogP contribution < -0.4 is 0 Å². The Bertz CT molecular complexity index is 3260. The van der Waals surface area contributed by atoms with Gasteiger partial charge in [-0.1, -0.05) is 206 Å². The topological polar surface area (TPSA) is 62.5 Å². The van der Waals surface area contributed by atoms with Crippen LogP contribution in [0.5, 0.6) is 0 Å². The summed E-state index contributed by atoms with van der Waals surface area (Å²) in [6, 6.07) is 83.0. The molecule has 1 aliphatic carbocycles. The van der Waals surface area contributed by atoms with Gasteiger partial charge in [-0.05, 0) is 91.0 Å². The van der Waals surface area contributed by atoms with Crippen LogP contribution in [0.25, 0.3) is 78.7 Å². The van der Waals surface area contributed by atoms with Crippen molar-refractivity contribution in [2.75, 3.05) is 0 Å². The molecule has 0 fully saturated rings. The predicted molar refractivity (Wildman–Crippen MR) is 254 cm³/mol. The SMILES string of the molecule is N#Cc1ccc(-c2cc3c(cc2-c2ccc(-c4nc(-c5ccccc5)nc(-c5ccccc5-c5ccccc5)n4)cc2)-c2ccccc2C3(c2ccccc2)c2ccccc2)cc1. The van der Waals surface area contributed by atoms with Crippen molar-refractivity contribution in [3.05, 3.63) is 258 Å². The zero-order valence-electron chi connectivity index (χ0n) is 34.2. The highest BCUT2D eigenvalue weighted by Gasteiger charge is 2.46. The lowest BCUT2D eigenvalue weighted by molar-refractivity contribution is 0.769. The molecule has 1 aliphatic rings. The first kappa shape index (κ1) is 37.5. The fourth-order valence-corrected chi connectivity index (χ4v) is 9.38. The van der Waals surface area contributed by atoms with Gasteiger partial charge in [0.2, 0.25) is 0 Å². The number of hydrogen-bond donors (Lipinski definition) is 0. The van der Waals surface area contributed by atoms with E-state index in [-0.39, 0.29) is 0 Å². The molecule has 4 nitrogen and oxygen atoms in total. The number of benzene rings is 9. The van der Waals surface area contributed by atoms with E-state index in [9.17, 15) is 5.26 Å². The summed E-state index contributed by atoms with van der Waals surface area (Å²) in [4.78, 5) is 15.3. The number of nitrogens with zero attached hydrogens (tertiary/aromatic N) is 4. The quantitative estimate of drug-likeness (QED) is 0.153. The Morgan fingerprint density at radius 1 is 0.302 bits per heavy atom. The molecule has 0 spiro atoms. The lowest BCUT2D eigenvalue weighted by atomic mass is 9.67. The maximum absolute atomic E-state index is 9.76. The van der Waals surface area contributed by atoms with Crippen LogP contribution >= 0.6 is 0 Å². The molecule has 0 unspecified atom stereocenters. The standard InChI is InChI=1S/C59H38N4/c60-39-40-29-31-42(32-30-40)52-38-55-53(49-26-15-16-28-54(49)59(55,46-21-9-3-10-22-46)47-23-11-4-12-24-47)37-51(52)43-33-35-45(36-34-43)57-61-56(44-19-7-2-8-20-44)62-58(63-57)50-27-14-13-25-48(50)41-17-5-1-6-18-41/h1-38H. The molecule has 4 heteroatoms. The molecular formula is C59H38N4. The van der Waals surface area contributed by atoms with Crippen LogP contribution in [-0.2, 0) is 5.41 Å². The Kier molecular flexibility index (Phi) is 9.41. The minimum absolute atomic E-state index is 0.551. The highest BCUT2D eigenvalue weighted by molar-refractivity contribution is 5.95. The average molecular weight is 803 g/mol. The molecule has 0 aliphatic heterocycles. The smallest absolute Gasteiger partial charge is 0.164 e. The predicted octanol–water partition coefficient (Wildman–Crippen LogP) is 14.1. The molecule has 0 saturated carbocycles. The van der Waals surface area contributed by atoms with Crippen LogP contribution in [0.3, 0.4) is 0 Å². The van der Waals surface area contributed by atoms with Gasteiger partial charge in [0, 0.05) is 16.7 Å². The molecule has 0 bridgehead atoms. The highest BCUT2D eigenvalue weighted by Crippen LogP contribution is 2.58. The fraction of sp³-hybridized carbons (Fsp3) is 0.0169. The van der Waals surface area contributed by atoms with Gasteiger partial charge in [-0.3, -0.25) is 0 Å². The third-order valence-corrected chi connectivity index (χ3v) is 12.3. The first-order valence-corrected chi connectivity index (χ1v) is 21.2. The van der Waals surface area contributed by atoms with Crippen LogP contribution in [0.15, 0.2) is 231 Å². The van der Waals surface area contributed by atoms with Gasteiger partial charge in [0.15, 0.2) is 17.5 Å². The molecule has 0 radical (unpaired) electrons. The van der Waals surface area contributed by atoms with E-state index in [1.165, 1.54) is 33.4 Å². The van der Waals surface area contributed by atoms with Gasteiger partial charge in [-0.15, -0.1) is 0 Å². The van der Waals surface area contributed by atoms with Gasteiger partial charge in [0.05, 0.1) is 17.0 Å². The minimum atomic E-state index is -0.551. The van der Waals surface area contributed by atoms with Crippen molar-refractivity contribution in [3.63, 3.8) is 0 Å². The zero-order valence-corrected chi connectivity index (χ0v) is 34.2. The molecule has 9 aromatic carbocycles. The molecule has 0 atom stereocenters. The normalized spacial score (nSPS) is 12.2. The maximum atomic E-state index is 9.76. The van der Waals surface area contributed by atoms with Crippen molar-refractivity contribution in [3.8, 4) is 84.7 Å². The van der Waals surface area contributed by atoms with Crippen molar-refractivity contribution in [2.45, 2.75) is 5.41 Å². The van der Waals surface area contributed by atoms with Crippen molar-refractivity contribution in [1.29, 1.82) is 5.26 Å². The van der Waals surface area contributed by atoms with E-state index < -0.39 is 5.41 Å². The van der Waals surface area contributed by atoms with Gasteiger partial charge in [-0.2, -0.15) is 5.26 Å². The van der Waals surface area contributed by atoms with Crippen LogP contribution in [-0.4, -0.2) is 15.0 Å². The molecule has 63 heavy (non-hydrogen) atoms. The molecule has 0 saturated heterocycles. The maximum Gasteiger partial charge on any atom is 0.164 e. The van der Waals surface area contributed by atoms with E-state index in [1.54, 1.807) is 0 Å². The summed E-state index contributed by atoms with van der Waals surface area (Å²) in [7, 11) is 0. The summed E-state index contributed by atoms with van der Waals surface area (Å²) < 4.78 is 0. The summed E-state index contributed by atoms with van der Waals surface area (Å²) in [6.07, 6.45) is 0. The Morgan fingerprint density at radius 2 is 0.714 bits per heavy atom. The highest BCUT2D eigenvalue weighted by atomic mass is 15.0. The van der Waals surface area contributed by atoms with Crippen molar-refractivity contribution in [2.24, 2.45) is 0 Å². The number of fused-ring (bicyclic) bond motifs is 3. The Labute approximate surface area is 367 Å². The number of aromatic nitrogens is 3. The van der Waals surface area contributed by atoms with Crippen molar-refractivity contribution in [1.82, 2.24) is 15.0 Å². The Morgan fingerprint density at radius 3 is 1.30 bits per heavy atom. The molecule has 294 valence electrons. The van der Waals surface area contributed by atoms with E-state index in [2.05, 4.69) is 182 Å². The summed E-state index contributed by atoms with van der Waals surface area (Å²) >= 11 is 0. The van der Waals surface area contributed by atoms with Gasteiger partial charge in [0.25, 0.3) is 0 Å². The van der Waals surface area contributed by atoms with E-state index >= 15 is 0 Å². The zero-order chi connectivity index (χ0) is 42.2. The molecular weight excluding hydrogens is 765 g/mol. The van der Waals surface area contributed by atoms with Crippen molar-refractivity contribution < 1.29 is 0 Å². The van der Waals surface area contributed by atoms with Crippen LogP contribution in [0.4, 0.5) is 0 Å². The fourth-order valence-electron chi connectivity index (χ4n) is 9.38. The summed E-state index contributed by atoms with van der Waals surface area (Å²) in [5, 5.41) is 9.76. The van der Waals surface area contributed by atoms with Crippen molar-refractivity contribution >= 4 is 0 Å². The first-order valence-electron chi connectivity index (χ1n) is 21.2. The number of nitriles is 1. The second-order valence-corrected chi connectivity index (χ2v) is 15.8. The second kappa shape index (κ2) is 15.8. The van der Waals surface area contributed by atoms with Crippen LogP contribution in [0, 0.1) is 11.3 Å². The number of hydrogen-bond acceptors (Lipinski definition) is 4. The third-order valence-electron chi connectivity index (χ3n) is 12.3. The third kappa shape index (κ3) is 6.52.